The van der Waals surface area contributed by atoms with Crippen molar-refractivity contribution in [1.29, 1.82) is 0 Å². The molecule has 24 heavy (non-hydrogen) atoms. The smallest absolute Gasteiger partial charge is 0.191 e. The highest BCUT2D eigenvalue weighted by molar-refractivity contribution is 14.0. The molecule has 1 aromatic rings. The maximum absolute atomic E-state index is 5.63. The molecule has 138 valence electrons. The lowest BCUT2D eigenvalue weighted by molar-refractivity contribution is 0.146. The molecule has 0 amide bonds. The van der Waals surface area contributed by atoms with E-state index in [4.69, 9.17) is 9.47 Å². The summed E-state index contributed by atoms with van der Waals surface area (Å²) in [6.45, 7) is 10.1. The molecule has 0 aromatic heterocycles. The van der Waals surface area contributed by atoms with Crippen molar-refractivity contribution in [3.05, 3.63) is 29.8 Å². The quantitative estimate of drug-likeness (QED) is 0.249. The first-order valence-corrected chi connectivity index (χ1v) is 8.38. The number of ether oxygens (including phenoxy) is 2. The molecular formula is C18H32IN3O2. The van der Waals surface area contributed by atoms with Crippen molar-refractivity contribution in [2.24, 2.45) is 10.9 Å². The van der Waals surface area contributed by atoms with E-state index in [1.807, 2.05) is 18.2 Å². The van der Waals surface area contributed by atoms with Gasteiger partial charge in [0.25, 0.3) is 0 Å². The Hall–Kier alpha value is -1.02. The fourth-order valence-electron chi connectivity index (χ4n) is 1.97. The van der Waals surface area contributed by atoms with Gasteiger partial charge in [0, 0.05) is 20.2 Å². The average molecular weight is 449 g/mol. The minimum atomic E-state index is 0. The molecule has 0 bridgehead atoms. The third kappa shape index (κ3) is 10.7. The predicted molar refractivity (Wildman–Crippen MR) is 112 cm³/mol. The van der Waals surface area contributed by atoms with E-state index < -0.39 is 0 Å². The van der Waals surface area contributed by atoms with Crippen LogP contribution in [0.1, 0.15) is 32.8 Å². The van der Waals surface area contributed by atoms with Crippen LogP contribution < -0.4 is 15.4 Å². The Morgan fingerprint density at radius 3 is 2.67 bits per heavy atom. The normalized spacial score (nSPS) is 11.1. The van der Waals surface area contributed by atoms with Crippen molar-refractivity contribution >= 4 is 29.9 Å². The molecule has 0 aliphatic carbocycles. The van der Waals surface area contributed by atoms with Crippen LogP contribution in [0.15, 0.2) is 29.3 Å². The third-order valence-corrected chi connectivity index (χ3v) is 3.23. The zero-order valence-corrected chi connectivity index (χ0v) is 17.6. The van der Waals surface area contributed by atoms with E-state index in [1.54, 1.807) is 7.11 Å². The topological polar surface area (TPSA) is 54.9 Å². The summed E-state index contributed by atoms with van der Waals surface area (Å²) in [7, 11) is 1.67. The number of nitrogens with zero attached hydrogens (tertiary/aromatic N) is 1. The summed E-state index contributed by atoms with van der Waals surface area (Å²) in [5.41, 5.74) is 1.13. The SMILES string of the molecule is CCNC(=NCc1cccc(OCCOC)c1)NCCC(C)C.I. The van der Waals surface area contributed by atoms with E-state index in [-0.39, 0.29) is 24.0 Å². The van der Waals surface area contributed by atoms with Crippen LogP contribution in [0.3, 0.4) is 0 Å². The van der Waals surface area contributed by atoms with Crippen molar-refractivity contribution in [3.8, 4) is 5.75 Å². The zero-order chi connectivity index (χ0) is 16.9. The van der Waals surface area contributed by atoms with Crippen LogP contribution in [-0.2, 0) is 11.3 Å². The van der Waals surface area contributed by atoms with E-state index in [2.05, 4.69) is 42.5 Å². The Balaban J connectivity index is 0.00000529. The van der Waals surface area contributed by atoms with Gasteiger partial charge in [-0.05, 0) is 37.0 Å². The van der Waals surface area contributed by atoms with Gasteiger partial charge in [0.2, 0.25) is 0 Å². The van der Waals surface area contributed by atoms with Crippen LogP contribution in [0.2, 0.25) is 0 Å². The van der Waals surface area contributed by atoms with Crippen molar-refractivity contribution in [2.75, 3.05) is 33.4 Å². The van der Waals surface area contributed by atoms with Gasteiger partial charge in [0.05, 0.1) is 13.2 Å². The molecule has 0 aliphatic rings. The number of aliphatic imine (C=N–C) groups is 1. The highest BCUT2D eigenvalue weighted by Gasteiger charge is 2.00. The number of nitrogens with one attached hydrogen (secondary N) is 2. The number of methoxy groups -OCH3 is 1. The van der Waals surface area contributed by atoms with Gasteiger partial charge in [-0.15, -0.1) is 24.0 Å². The first-order chi connectivity index (χ1) is 11.2. The first-order valence-electron chi connectivity index (χ1n) is 8.38. The predicted octanol–water partition coefficient (Wildman–Crippen LogP) is 3.43. The molecule has 0 saturated heterocycles. The fourth-order valence-corrected chi connectivity index (χ4v) is 1.97. The molecule has 6 heteroatoms. The monoisotopic (exact) mass is 449 g/mol. The first kappa shape index (κ1) is 23.0. The van der Waals surface area contributed by atoms with Gasteiger partial charge in [0.1, 0.15) is 12.4 Å². The standard InChI is InChI=1S/C18H31N3O2.HI/c1-5-19-18(20-10-9-15(2)3)21-14-16-7-6-8-17(13-16)23-12-11-22-4;/h6-8,13,15H,5,9-12,14H2,1-4H3,(H2,19,20,21);1H. The van der Waals surface area contributed by atoms with Gasteiger partial charge in [0.15, 0.2) is 5.96 Å². The van der Waals surface area contributed by atoms with Gasteiger partial charge in [-0.1, -0.05) is 26.0 Å². The minimum absolute atomic E-state index is 0. The van der Waals surface area contributed by atoms with Crippen molar-refractivity contribution in [2.45, 2.75) is 33.7 Å². The highest BCUT2D eigenvalue weighted by Crippen LogP contribution is 2.14. The number of guanidine groups is 1. The number of rotatable bonds is 10. The molecule has 0 radical (unpaired) electrons. The molecule has 0 heterocycles. The molecule has 1 rings (SSSR count). The summed E-state index contributed by atoms with van der Waals surface area (Å²) < 4.78 is 10.6. The fraction of sp³-hybridized carbons (Fsp3) is 0.611. The maximum atomic E-state index is 5.63. The van der Waals surface area contributed by atoms with Crippen LogP contribution in [0.4, 0.5) is 0 Å². The second-order valence-electron chi connectivity index (χ2n) is 5.79. The van der Waals surface area contributed by atoms with Crippen LogP contribution in [0, 0.1) is 5.92 Å². The summed E-state index contributed by atoms with van der Waals surface area (Å²) in [4.78, 5) is 4.63. The largest absolute Gasteiger partial charge is 0.491 e. The Labute approximate surface area is 163 Å². The van der Waals surface area contributed by atoms with Gasteiger partial charge >= 0.3 is 0 Å². The van der Waals surface area contributed by atoms with E-state index in [1.165, 1.54) is 0 Å². The van der Waals surface area contributed by atoms with E-state index in [0.29, 0.717) is 25.7 Å². The van der Waals surface area contributed by atoms with Crippen molar-refractivity contribution in [3.63, 3.8) is 0 Å². The van der Waals surface area contributed by atoms with Crippen LogP contribution >= 0.6 is 24.0 Å². The van der Waals surface area contributed by atoms with E-state index in [9.17, 15) is 0 Å². The Bertz CT molecular complexity index is 467. The van der Waals surface area contributed by atoms with Crippen LogP contribution in [0.25, 0.3) is 0 Å². The molecule has 0 atom stereocenters. The lowest BCUT2D eigenvalue weighted by atomic mass is 10.1. The Morgan fingerprint density at radius 1 is 1.21 bits per heavy atom. The molecule has 5 nitrogen and oxygen atoms in total. The number of benzene rings is 1. The molecule has 0 fully saturated rings. The summed E-state index contributed by atoms with van der Waals surface area (Å²) in [6.07, 6.45) is 1.13. The Morgan fingerprint density at radius 2 is 2.00 bits per heavy atom. The highest BCUT2D eigenvalue weighted by atomic mass is 127. The molecule has 0 unspecified atom stereocenters. The van der Waals surface area contributed by atoms with Crippen LogP contribution in [0.5, 0.6) is 5.75 Å². The molecule has 0 aliphatic heterocycles. The number of hydrogen-bond donors (Lipinski definition) is 2. The lowest BCUT2D eigenvalue weighted by Gasteiger charge is -2.12. The lowest BCUT2D eigenvalue weighted by Crippen LogP contribution is -2.38. The number of halogens is 1. The second-order valence-corrected chi connectivity index (χ2v) is 5.79. The van der Waals surface area contributed by atoms with Crippen molar-refractivity contribution in [1.82, 2.24) is 10.6 Å². The summed E-state index contributed by atoms with van der Waals surface area (Å²) in [5, 5.41) is 6.64. The third-order valence-electron chi connectivity index (χ3n) is 3.23. The molecule has 0 saturated carbocycles. The zero-order valence-electron chi connectivity index (χ0n) is 15.3. The molecule has 1 aromatic carbocycles. The second kappa shape index (κ2) is 14.3. The van der Waals surface area contributed by atoms with Gasteiger partial charge in [-0.2, -0.15) is 0 Å². The summed E-state index contributed by atoms with van der Waals surface area (Å²) in [5.74, 6) is 2.40. The van der Waals surface area contributed by atoms with Gasteiger partial charge in [-0.25, -0.2) is 4.99 Å². The van der Waals surface area contributed by atoms with Crippen LogP contribution in [-0.4, -0.2) is 39.4 Å². The average Bonchev–Trinajstić information content (AvgIpc) is 2.53. The van der Waals surface area contributed by atoms with E-state index in [0.717, 1.165) is 36.8 Å². The Kier molecular flexibility index (Phi) is 13.7. The molecule has 0 spiro atoms. The number of hydrogen-bond acceptors (Lipinski definition) is 3. The maximum Gasteiger partial charge on any atom is 0.191 e. The van der Waals surface area contributed by atoms with Crippen molar-refractivity contribution < 1.29 is 9.47 Å². The molecular weight excluding hydrogens is 417 g/mol. The summed E-state index contributed by atoms with van der Waals surface area (Å²) in [6, 6.07) is 8.03. The molecule has 2 N–H and O–H groups in total. The summed E-state index contributed by atoms with van der Waals surface area (Å²) >= 11 is 0. The van der Waals surface area contributed by atoms with Gasteiger partial charge in [-0.3, -0.25) is 0 Å². The minimum Gasteiger partial charge on any atom is -0.491 e. The van der Waals surface area contributed by atoms with Gasteiger partial charge < -0.3 is 20.1 Å². The van der Waals surface area contributed by atoms with E-state index >= 15 is 0 Å².